The molecule has 0 atom stereocenters. The molecule has 2 aromatic carbocycles. The summed E-state index contributed by atoms with van der Waals surface area (Å²) in [5, 5.41) is 21.6. The molecule has 1 aliphatic heterocycles. The van der Waals surface area contributed by atoms with Crippen LogP contribution in [0, 0.1) is 17.1 Å². The molecule has 0 spiro atoms. The normalized spacial score (nSPS) is 15.2. The molecule has 0 saturated carbocycles. The van der Waals surface area contributed by atoms with Crippen molar-refractivity contribution in [2.24, 2.45) is 4.99 Å². The Morgan fingerprint density at radius 2 is 2.04 bits per heavy atom. The molecule has 7 heteroatoms. The molecular formula is C18H11ClFN3O2. The minimum absolute atomic E-state index is 0.106. The maximum Gasteiger partial charge on any atom is 0.348 e. The largest absolute Gasteiger partial charge is 0.477 e. The second-order valence-electron chi connectivity index (χ2n) is 5.23. The van der Waals surface area contributed by atoms with E-state index in [0.717, 1.165) is 0 Å². The SMILES string of the molecule is N#C/C(C(=O)O)=C1\CN=C(c2ccccc2F)c2cc(Cl)ccc2N1. The van der Waals surface area contributed by atoms with Gasteiger partial charge in [0.05, 0.1) is 18.0 Å². The third kappa shape index (κ3) is 3.23. The van der Waals surface area contributed by atoms with E-state index < -0.39 is 17.4 Å². The number of rotatable bonds is 2. The Labute approximate surface area is 147 Å². The zero-order valence-electron chi connectivity index (χ0n) is 12.8. The van der Waals surface area contributed by atoms with Crippen LogP contribution in [0.25, 0.3) is 0 Å². The van der Waals surface area contributed by atoms with Gasteiger partial charge >= 0.3 is 5.97 Å². The molecule has 0 amide bonds. The van der Waals surface area contributed by atoms with Gasteiger partial charge in [-0.1, -0.05) is 23.7 Å². The minimum atomic E-state index is -1.36. The van der Waals surface area contributed by atoms with Crippen molar-refractivity contribution in [1.82, 2.24) is 0 Å². The van der Waals surface area contributed by atoms with Crippen LogP contribution in [0.1, 0.15) is 11.1 Å². The molecule has 2 N–H and O–H groups in total. The summed E-state index contributed by atoms with van der Waals surface area (Å²) in [7, 11) is 0. The molecule has 124 valence electrons. The first-order chi connectivity index (χ1) is 12.0. The summed E-state index contributed by atoms with van der Waals surface area (Å²) in [6.07, 6.45) is 0. The van der Waals surface area contributed by atoms with Gasteiger partial charge in [-0.25, -0.2) is 9.18 Å². The smallest absolute Gasteiger partial charge is 0.348 e. The van der Waals surface area contributed by atoms with Gasteiger partial charge in [-0.2, -0.15) is 5.26 Å². The summed E-state index contributed by atoms with van der Waals surface area (Å²) >= 11 is 6.06. The Balaban J connectivity index is 2.25. The van der Waals surface area contributed by atoms with E-state index in [1.807, 2.05) is 0 Å². The minimum Gasteiger partial charge on any atom is -0.477 e. The van der Waals surface area contributed by atoms with Crippen LogP contribution in [0.2, 0.25) is 5.02 Å². The number of hydrogen-bond acceptors (Lipinski definition) is 4. The lowest BCUT2D eigenvalue weighted by Crippen LogP contribution is -2.11. The van der Waals surface area contributed by atoms with Crippen LogP contribution in [0.15, 0.2) is 58.7 Å². The van der Waals surface area contributed by atoms with Gasteiger partial charge in [0.1, 0.15) is 11.9 Å². The monoisotopic (exact) mass is 355 g/mol. The first-order valence-corrected chi connectivity index (χ1v) is 7.62. The lowest BCUT2D eigenvalue weighted by molar-refractivity contribution is -0.132. The number of nitriles is 1. The van der Waals surface area contributed by atoms with Gasteiger partial charge < -0.3 is 10.4 Å². The fourth-order valence-electron chi connectivity index (χ4n) is 2.54. The molecule has 1 aliphatic rings. The number of aliphatic imine (C=N–C) groups is 1. The van der Waals surface area contributed by atoms with Crippen molar-refractivity contribution in [3.63, 3.8) is 0 Å². The molecular weight excluding hydrogens is 345 g/mol. The number of nitrogens with zero attached hydrogens (tertiary/aromatic N) is 2. The van der Waals surface area contributed by atoms with E-state index in [1.54, 1.807) is 42.5 Å². The Kier molecular flexibility index (Phi) is 4.50. The Bertz CT molecular complexity index is 977. The molecule has 0 unspecified atom stereocenters. The Morgan fingerprint density at radius 1 is 1.28 bits per heavy atom. The number of fused-ring (bicyclic) bond motifs is 1. The van der Waals surface area contributed by atoms with Gasteiger partial charge in [-0.05, 0) is 30.3 Å². The van der Waals surface area contributed by atoms with Crippen LogP contribution in [-0.4, -0.2) is 23.3 Å². The average molecular weight is 356 g/mol. The summed E-state index contributed by atoms with van der Waals surface area (Å²) in [6, 6.07) is 12.7. The molecule has 1 heterocycles. The number of carbonyl (C=O) groups is 1. The standard InChI is InChI=1S/C18H11ClFN3O2/c19-10-5-6-15-12(7-10)17(11-3-1-2-4-14(11)20)22-9-16(23-15)13(8-21)18(24)25/h1-7,23H,9H2,(H,24,25)/b16-13-. The number of halogens is 2. The van der Waals surface area contributed by atoms with Crippen molar-refractivity contribution in [2.45, 2.75) is 0 Å². The van der Waals surface area contributed by atoms with E-state index in [0.29, 0.717) is 22.0 Å². The van der Waals surface area contributed by atoms with E-state index in [2.05, 4.69) is 10.3 Å². The van der Waals surface area contributed by atoms with Gasteiger partial charge in [0.15, 0.2) is 5.57 Å². The fraction of sp³-hybridized carbons (Fsp3) is 0.0556. The number of nitrogens with one attached hydrogen (secondary N) is 1. The second-order valence-corrected chi connectivity index (χ2v) is 5.67. The summed E-state index contributed by atoms with van der Waals surface area (Å²) < 4.78 is 14.3. The topological polar surface area (TPSA) is 85.5 Å². The Hall–Kier alpha value is -3.17. The van der Waals surface area contributed by atoms with E-state index in [-0.39, 0.29) is 17.8 Å². The first kappa shape index (κ1) is 16.7. The summed E-state index contributed by atoms with van der Waals surface area (Å²) in [5.41, 5.74) is 1.30. The highest BCUT2D eigenvalue weighted by Gasteiger charge is 2.22. The third-order valence-electron chi connectivity index (χ3n) is 3.67. The number of carboxylic acids is 1. The van der Waals surface area contributed by atoms with Crippen LogP contribution < -0.4 is 5.32 Å². The van der Waals surface area contributed by atoms with Crippen molar-refractivity contribution in [3.8, 4) is 6.07 Å². The molecule has 0 aliphatic carbocycles. The van der Waals surface area contributed by atoms with Gasteiger partial charge in [0.2, 0.25) is 0 Å². The Morgan fingerprint density at radius 3 is 2.72 bits per heavy atom. The molecule has 25 heavy (non-hydrogen) atoms. The van der Waals surface area contributed by atoms with Crippen LogP contribution in [-0.2, 0) is 4.79 Å². The predicted octanol–water partition coefficient (Wildman–Crippen LogP) is 3.60. The predicted molar refractivity (Wildman–Crippen MR) is 92.3 cm³/mol. The zero-order chi connectivity index (χ0) is 18.0. The highest BCUT2D eigenvalue weighted by atomic mass is 35.5. The molecule has 0 saturated heterocycles. The quantitative estimate of drug-likeness (QED) is 0.636. The molecule has 0 fully saturated rings. The average Bonchev–Trinajstić information content (AvgIpc) is 2.75. The number of anilines is 1. The van der Waals surface area contributed by atoms with E-state index in [1.165, 1.54) is 6.07 Å². The van der Waals surface area contributed by atoms with Crippen LogP contribution >= 0.6 is 11.6 Å². The summed E-state index contributed by atoms with van der Waals surface area (Å²) in [5.74, 6) is -1.82. The van der Waals surface area contributed by atoms with Crippen LogP contribution in [0.5, 0.6) is 0 Å². The fourth-order valence-corrected chi connectivity index (χ4v) is 2.71. The van der Waals surface area contributed by atoms with Gasteiger partial charge in [-0.3, -0.25) is 4.99 Å². The van der Waals surface area contributed by atoms with Crippen molar-refractivity contribution in [2.75, 3.05) is 11.9 Å². The summed E-state index contributed by atoms with van der Waals surface area (Å²) in [6.45, 7) is -0.106. The second kappa shape index (κ2) is 6.75. The van der Waals surface area contributed by atoms with Crippen molar-refractivity contribution < 1.29 is 14.3 Å². The molecule has 0 radical (unpaired) electrons. The molecule has 2 aromatic rings. The van der Waals surface area contributed by atoms with Gasteiger partial charge in [0.25, 0.3) is 0 Å². The van der Waals surface area contributed by atoms with E-state index >= 15 is 0 Å². The van der Waals surface area contributed by atoms with Crippen molar-refractivity contribution >= 4 is 29.0 Å². The number of carboxylic acid groups (broad SMARTS) is 1. The maximum atomic E-state index is 14.3. The highest BCUT2D eigenvalue weighted by molar-refractivity contribution is 6.31. The van der Waals surface area contributed by atoms with Crippen molar-refractivity contribution in [3.05, 3.63) is 75.7 Å². The van der Waals surface area contributed by atoms with Crippen LogP contribution in [0.4, 0.5) is 10.1 Å². The maximum absolute atomic E-state index is 14.3. The molecule has 3 rings (SSSR count). The molecule has 0 aromatic heterocycles. The molecule has 5 nitrogen and oxygen atoms in total. The van der Waals surface area contributed by atoms with E-state index in [4.69, 9.17) is 16.9 Å². The lowest BCUT2D eigenvalue weighted by atomic mass is 10.00. The summed E-state index contributed by atoms with van der Waals surface area (Å²) in [4.78, 5) is 15.6. The van der Waals surface area contributed by atoms with Gasteiger partial charge in [0, 0.05) is 21.8 Å². The van der Waals surface area contributed by atoms with E-state index in [9.17, 15) is 14.3 Å². The highest BCUT2D eigenvalue weighted by Crippen LogP contribution is 2.29. The van der Waals surface area contributed by atoms with Crippen molar-refractivity contribution in [1.29, 1.82) is 5.26 Å². The number of benzodiazepines with no additional fused rings is 1. The molecule has 0 bridgehead atoms. The number of benzene rings is 2. The number of hydrogen-bond donors (Lipinski definition) is 2. The first-order valence-electron chi connectivity index (χ1n) is 7.24. The zero-order valence-corrected chi connectivity index (χ0v) is 13.5. The number of aliphatic carboxylic acids is 1. The third-order valence-corrected chi connectivity index (χ3v) is 3.91. The van der Waals surface area contributed by atoms with Crippen LogP contribution in [0.3, 0.4) is 0 Å². The van der Waals surface area contributed by atoms with Gasteiger partial charge in [-0.15, -0.1) is 0 Å². The lowest BCUT2D eigenvalue weighted by Gasteiger charge is -2.12.